The molecule has 1 aromatic heterocycles. The minimum Gasteiger partial charge on any atom is -0.493 e. The van der Waals surface area contributed by atoms with E-state index in [1.807, 2.05) is 31.2 Å². The maximum absolute atomic E-state index is 11.5. The van der Waals surface area contributed by atoms with Gasteiger partial charge in [-0.25, -0.2) is 9.78 Å². The normalized spacial score (nSPS) is 10.2. The summed E-state index contributed by atoms with van der Waals surface area (Å²) in [7, 11) is 0. The van der Waals surface area contributed by atoms with E-state index in [1.165, 1.54) is 6.20 Å². The Hall–Kier alpha value is -2.43. The number of hydrogen-bond donors (Lipinski definition) is 1. The molecule has 2 aromatic rings. The van der Waals surface area contributed by atoms with Crippen LogP contribution in [0, 0.1) is 6.92 Å². The second-order valence-corrected chi connectivity index (χ2v) is 3.97. The zero-order valence-corrected chi connectivity index (χ0v) is 10.8. The van der Waals surface area contributed by atoms with Crippen LogP contribution in [0.25, 0.3) is 11.4 Å². The lowest BCUT2D eigenvalue weighted by Crippen LogP contribution is -2.07. The zero-order chi connectivity index (χ0) is 13.8. The molecule has 19 heavy (non-hydrogen) atoms. The fourth-order valence-corrected chi connectivity index (χ4v) is 1.68. The smallest absolute Gasteiger partial charge is 0.345 e. The molecule has 0 saturated heterocycles. The standard InChI is InChI=1S/C14H14N2O3/c1-3-19-14(18)11-8-15-12(16-13(11)17)10-7-5-4-6-9(10)2/h4-8H,3H2,1-2H3,(H,15,16,17). The number of ether oxygens (including phenoxy) is 1. The molecule has 5 heteroatoms. The predicted molar refractivity (Wildman–Crippen MR) is 69.8 cm³/mol. The molecule has 0 aliphatic rings. The highest BCUT2D eigenvalue weighted by Gasteiger charge is 2.16. The largest absolute Gasteiger partial charge is 0.493 e. The third-order valence-corrected chi connectivity index (χ3v) is 2.65. The SMILES string of the molecule is CCOC(=O)c1cnc(-c2ccccc2C)nc1O. The average Bonchev–Trinajstić information content (AvgIpc) is 2.39. The van der Waals surface area contributed by atoms with Crippen molar-refractivity contribution >= 4 is 5.97 Å². The number of aromatic hydroxyl groups is 1. The number of hydrogen-bond acceptors (Lipinski definition) is 5. The predicted octanol–water partition coefficient (Wildman–Crippen LogP) is 2.33. The number of aryl methyl sites for hydroxylation is 1. The molecular weight excluding hydrogens is 244 g/mol. The first-order valence-corrected chi connectivity index (χ1v) is 5.92. The molecule has 5 nitrogen and oxygen atoms in total. The van der Waals surface area contributed by atoms with E-state index in [2.05, 4.69) is 9.97 Å². The van der Waals surface area contributed by atoms with E-state index in [1.54, 1.807) is 6.92 Å². The number of benzene rings is 1. The van der Waals surface area contributed by atoms with Gasteiger partial charge in [0.05, 0.1) is 6.61 Å². The van der Waals surface area contributed by atoms with Gasteiger partial charge in [0.1, 0.15) is 5.56 Å². The van der Waals surface area contributed by atoms with E-state index in [0.717, 1.165) is 11.1 Å². The van der Waals surface area contributed by atoms with Crippen molar-refractivity contribution < 1.29 is 14.6 Å². The number of rotatable bonds is 3. The number of carbonyl (C=O) groups excluding carboxylic acids is 1. The number of carbonyl (C=O) groups is 1. The van der Waals surface area contributed by atoms with Crippen LogP contribution in [-0.2, 0) is 4.74 Å². The molecule has 1 aromatic carbocycles. The molecule has 1 heterocycles. The third kappa shape index (κ3) is 2.70. The molecule has 0 aliphatic carbocycles. The molecule has 2 rings (SSSR count). The van der Waals surface area contributed by atoms with Crippen LogP contribution < -0.4 is 0 Å². The third-order valence-electron chi connectivity index (χ3n) is 2.65. The lowest BCUT2D eigenvalue weighted by molar-refractivity contribution is 0.0521. The summed E-state index contributed by atoms with van der Waals surface area (Å²) in [6, 6.07) is 7.55. The first-order chi connectivity index (χ1) is 9.13. The van der Waals surface area contributed by atoms with E-state index in [9.17, 15) is 9.90 Å². The van der Waals surface area contributed by atoms with Crippen molar-refractivity contribution in [1.29, 1.82) is 0 Å². The molecule has 0 atom stereocenters. The fourth-order valence-electron chi connectivity index (χ4n) is 1.68. The molecular formula is C14H14N2O3. The minimum atomic E-state index is -0.628. The lowest BCUT2D eigenvalue weighted by atomic mass is 10.1. The van der Waals surface area contributed by atoms with Crippen molar-refractivity contribution in [2.24, 2.45) is 0 Å². The van der Waals surface area contributed by atoms with Crippen molar-refractivity contribution in [3.8, 4) is 17.3 Å². The highest BCUT2D eigenvalue weighted by atomic mass is 16.5. The Morgan fingerprint density at radius 1 is 1.37 bits per heavy atom. The molecule has 98 valence electrons. The average molecular weight is 258 g/mol. The van der Waals surface area contributed by atoms with Gasteiger partial charge in [0, 0.05) is 11.8 Å². The minimum absolute atomic E-state index is 0.0285. The molecule has 1 N–H and O–H groups in total. The lowest BCUT2D eigenvalue weighted by Gasteiger charge is -2.07. The Morgan fingerprint density at radius 3 is 2.74 bits per heavy atom. The van der Waals surface area contributed by atoms with Gasteiger partial charge in [-0.15, -0.1) is 0 Å². The van der Waals surface area contributed by atoms with Gasteiger partial charge in [-0.3, -0.25) is 0 Å². The van der Waals surface area contributed by atoms with Crippen LogP contribution in [-0.4, -0.2) is 27.7 Å². The summed E-state index contributed by atoms with van der Waals surface area (Å²) in [5.74, 6) is -0.619. The number of aromatic nitrogens is 2. The second-order valence-electron chi connectivity index (χ2n) is 3.97. The summed E-state index contributed by atoms with van der Waals surface area (Å²) in [6.07, 6.45) is 1.28. The summed E-state index contributed by atoms with van der Waals surface area (Å²) in [4.78, 5) is 19.6. The number of esters is 1. The van der Waals surface area contributed by atoms with Gasteiger partial charge < -0.3 is 9.84 Å². The highest BCUT2D eigenvalue weighted by molar-refractivity contribution is 5.91. The topological polar surface area (TPSA) is 72.3 Å². The molecule has 0 spiro atoms. The Bertz CT molecular complexity index is 611. The molecule has 0 fully saturated rings. The Kier molecular flexibility index (Phi) is 3.75. The second kappa shape index (κ2) is 5.48. The van der Waals surface area contributed by atoms with Gasteiger partial charge in [0.15, 0.2) is 5.82 Å². The van der Waals surface area contributed by atoms with E-state index in [4.69, 9.17) is 4.74 Å². The van der Waals surface area contributed by atoms with Gasteiger partial charge in [-0.05, 0) is 19.4 Å². The van der Waals surface area contributed by atoms with Gasteiger partial charge in [-0.2, -0.15) is 4.98 Å². The van der Waals surface area contributed by atoms with Crippen LogP contribution in [0.5, 0.6) is 5.88 Å². The van der Waals surface area contributed by atoms with Crippen LogP contribution in [0.15, 0.2) is 30.5 Å². The molecule has 0 aliphatic heterocycles. The zero-order valence-electron chi connectivity index (χ0n) is 10.8. The van der Waals surface area contributed by atoms with E-state index < -0.39 is 5.97 Å². The van der Waals surface area contributed by atoms with Gasteiger partial charge in [-0.1, -0.05) is 24.3 Å². The first kappa shape index (κ1) is 13.0. The van der Waals surface area contributed by atoms with Crippen LogP contribution in [0.4, 0.5) is 0 Å². The van der Waals surface area contributed by atoms with Crippen molar-refractivity contribution in [2.75, 3.05) is 6.61 Å². The van der Waals surface area contributed by atoms with Crippen molar-refractivity contribution in [1.82, 2.24) is 9.97 Å². The van der Waals surface area contributed by atoms with Crippen molar-refractivity contribution in [3.05, 3.63) is 41.6 Å². The first-order valence-electron chi connectivity index (χ1n) is 5.92. The Balaban J connectivity index is 2.39. The summed E-state index contributed by atoms with van der Waals surface area (Å²) >= 11 is 0. The van der Waals surface area contributed by atoms with Gasteiger partial charge in [0.25, 0.3) is 0 Å². The number of nitrogens with zero attached hydrogens (tertiary/aromatic N) is 2. The van der Waals surface area contributed by atoms with E-state index >= 15 is 0 Å². The maximum Gasteiger partial charge on any atom is 0.345 e. The Morgan fingerprint density at radius 2 is 2.11 bits per heavy atom. The summed E-state index contributed by atoms with van der Waals surface area (Å²) in [5, 5.41) is 9.79. The summed E-state index contributed by atoms with van der Waals surface area (Å²) in [6.45, 7) is 3.85. The molecule has 0 radical (unpaired) electrons. The van der Waals surface area contributed by atoms with Gasteiger partial charge in [0.2, 0.25) is 5.88 Å². The summed E-state index contributed by atoms with van der Waals surface area (Å²) < 4.78 is 4.80. The maximum atomic E-state index is 11.5. The van der Waals surface area contributed by atoms with Gasteiger partial charge >= 0.3 is 5.97 Å². The molecule has 0 bridgehead atoms. The van der Waals surface area contributed by atoms with Crippen LogP contribution in [0.2, 0.25) is 0 Å². The Labute approximate surface area is 110 Å². The van der Waals surface area contributed by atoms with Crippen LogP contribution in [0.1, 0.15) is 22.8 Å². The van der Waals surface area contributed by atoms with Crippen molar-refractivity contribution in [3.63, 3.8) is 0 Å². The van der Waals surface area contributed by atoms with E-state index in [0.29, 0.717) is 5.82 Å². The highest BCUT2D eigenvalue weighted by Crippen LogP contribution is 2.23. The van der Waals surface area contributed by atoms with Crippen LogP contribution >= 0.6 is 0 Å². The molecule has 0 saturated carbocycles. The molecule has 0 unspecified atom stereocenters. The van der Waals surface area contributed by atoms with Crippen LogP contribution in [0.3, 0.4) is 0 Å². The molecule has 0 amide bonds. The quantitative estimate of drug-likeness (QED) is 0.855. The monoisotopic (exact) mass is 258 g/mol. The summed E-state index contributed by atoms with van der Waals surface area (Å²) in [5.41, 5.74) is 1.78. The van der Waals surface area contributed by atoms with E-state index in [-0.39, 0.29) is 18.1 Å². The van der Waals surface area contributed by atoms with Crippen molar-refractivity contribution in [2.45, 2.75) is 13.8 Å². The fraction of sp³-hybridized carbons (Fsp3) is 0.214.